The Kier molecular flexibility index (Phi) is 8.54. The van der Waals surface area contributed by atoms with E-state index >= 15 is 0 Å². The van der Waals surface area contributed by atoms with Gasteiger partial charge in [-0.1, -0.05) is 36.4 Å². The van der Waals surface area contributed by atoms with Crippen molar-refractivity contribution in [3.8, 4) is 17.2 Å². The van der Waals surface area contributed by atoms with Gasteiger partial charge in [0.15, 0.2) is 0 Å². The summed E-state index contributed by atoms with van der Waals surface area (Å²) >= 11 is 0. The molecule has 0 aliphatic rings. The van der Waals surface area contributed by atoms with Gasteiger partial charge in [-0.25, -0.2) is 4.90 Å². The Balaban J connectivity index is 1.87. The SMILES string of the molecule is CC(/N=C/c1ccccc1O)N(C(C)/N=C/c1ccccc1O)C(C)/N=C/c1ccccc1O. The lowest BCUT2D eigenvalue weighted by molar-refractivity contribution is 0.118. The predicted octanol–water partition coefficient (Wildman–Crippen LogP) is 4.80. The molecular weight excluding hydrogens is 428 g/mol. The second kappa shape index (κ2) is 11.8. The first-order chi connectivity index (χ1) is 16.4. The van der Waals surface area contributed by atoms with E-state index in [1.807, 2.05) is 43.9 Å². The van der Waals surface area contributed by atoms with Gasteiger partial charge in [-0.3, -0.25) is 15.0 Å². The second-order valence-electron chi connectivity index (χ2n) is 7.85. The molecule has 34 heavy (non-hydrogen) atoms. The van der Waals surface area contributed by atoms with Crippen LogP contribution in [0.2, 0.25) is 0 Å². The normalized spacial score (nSPS) is 14.8. The summed E-state index contributed by atoms with van der Waals surface area (Å²) in [4.78, 5) is 15.9. The van der Waals surface area contributed by atoms with Crippen LogP contribution in [0.5, 0.6) is 17.2 Å². The Labute approximate surface area is 200 Å². The molecule has 0 aromatic heterocycles. The molecule has 3 aromatic carbocycles. The summed E-state index contributed by atoms with van der Waals surface area (Å²) in [5, 5.41) is 30.2. The third-order valence-corrected chi connectivity index (χ3v) is 5.39. The zero-order valence-electron chi connectivity index (χ0n) is 19.5. The molecular formula is C27H30N4O3. The van der Waals surface area contributed by atoms with E-state index in [1.54, 1.807) is 73.2 Å². The summed E-state index contributed by atoms with van der Waals surface area (Å²) in [5.74, 6) is 0.462. The van der Waals surface area contributed by atoms with Gasteiger partial charge in [0.1, 0.15) is 35.7 Å². The highest BCUT2D eigenvalue weighted by Crippen LogP contribution is 2.19. The minimum absolute atomic E-state index is 0.154. The van der Waals surface area contributed by atoms with Crippen molar-refractivity contribution in [3.63, 3.8) is 0 Å². The van der Waals surface area contributed by atoms with Gasteiger partial charge in [-0.05, 0) is 57.2 Å². The number of phenols is 3. The van der Waals surface area contributed by atoms with Crippen LogP contribution >= 0.6 is 0 Å². The van der Waals surface area contributed by atoms with Crippen molar-refractivity contribution in [2.45, 2.75) is 39.3 Å². The molecule has 7 heteroatoms. The van der Waals surface area contributed by atoms with Gasteiger partial charge in [-0.2, -0.15) is 0 Å². The Hall–Kier alpha value is -3.97. The number of aromatic hydroxyl groups is 3. The maximum atomic E-state index is 10.1. The lowest BCUT2D eigenvalue weighted by atomic mass is 10.2. The van der Waals surface area contributed by atoms with E-state index in [9.17, 15) is 15.3 Å². The number of hydrogen-bond acceptors (Lipinski definition) is 7. The fraction of sp³-hybridized carbons (Fsp3) is 0.222. The zero-order valence-corrected chi connectivity index (χ0v) is 19.5. The molecule has 3 atom stereocenters. The molecule has 3 unspecified atom stereocenters. The molecule has 0 radical (unpaired) electrons. The molecule has 3 N–H and O–H groups in total. The monoisotopic (exact) mass is 458 g/mol. The van der Waals surface area contributed by atoms with E-state index in [-0.39, 0.29) is 35.7 Å². The number of rotatable bonds is 9. The average Bonchev–Trinajstić information content (AvgIpc) is 2.82. The van der Waals surface area contributed by atoms with Crippen molar-refractivity contribution in [3.05, 3.63) is 89.5 Å². The Morgan fingerprint density at radius 3 is 1.06 bits per heavy atom. The maximum absolute atomic E-state index is 10.1. The molecule has 0 saturated carbocycles. The summed E-state index contributed by atoms with van der Waals surface area (Å²) in [6.07, 6.45) is 3.87. The maximum Gasteiger partial charge on any atom is 0.124 e. The van der Waals surface area contributed by atoms with E-state index in [1.165, 1.54) is 0 Å². The van der Waals surface area contributed by atoms with Gasteiger partial charge >= 0.3 is 0 Å². The molecule has 0 saturated heterocycles. The summed E-state index contributed by atoms with van der Waals surface area (Å²) < 4.78 is 0. The fourth-order valence-electron chi connectivity index (χ4n) is 3.52. The summed E-state index contributed by atoms with van der Waals surface area (Å²) in [7, 11) is 0. The highest BCUT2D eigenvalue weighted by atomic mass is 16.3. The van der Waals surface area contributed by atoms with Crippen LogP contribution in [0.4, 0.5) is 0 Å². The minimum atomic E-state index is -0.340. The van der Waals surface area contributed by atoms with Crippen molar-refractivity contribution in [2.24, 2.45) is 15.0 Å². The van der Waals surface area contributed by atoms with Crippen molar-refractivity contribution in [1.29, 1.82) is 0 Å². The third-order valence-electron chi connectivity index (χ3n) is 5.39. The quantitative estimate of drug-likeness (QED) is 0.401. The van der Waals surface area contributed by atoms with Gasteiger partial charge in [0, 0.05) is 35.3 Å². The van der Waals surface area contributed by atoms with Crippen molar-refractivity contribution >= 4 is 18.6 Å². The average molecular weight is 459 g/mol. The zero-order chi connectivity index (χ0) is 24.5. The third kappa shape index (κ3) is 6.52. The van der Waals surface area contributed by atoms with Gasteiger partial charge in [0.05, 0.1) is 0 Å². The lowest BCUT2D eigenvalue weighted by Gasteiger charge is -2.33. The van der Waals surface area contributed by atoms with Crippen LogP contribution in [0.3, 0.4) is 0 Å². The number of nitrogens with zero attached hydrogens (tertiary/aromatic N) is 4. The van der Waals surface area contributed by atoms with Crippen molar-refractivity contribution in [2.75, 3.05) is 0 Å². The van der Waals surface area contributed by atoms with E-state index in [0.29, 0.717) is 16.7 Å². The topological polar surface area (TPSA) is 101 Å². The minimum Gasteiger partial charge on any atom is -0.507 e. The van der Waals surface area contributed by atoms with Crippen LogP contribution in [-0.4, -0.2) is 57.4 Å². The number of para-hydroxylation sites is 3. The first kappa shape index (κ1) is 24.7. The van der Waals surface area contributed by atoms with Crippen LogP contribution in [0.15, 0.2) is 87.8 Å². The predicted molar refractivity (Wildman–Crippen MR) is 137 cm³/mol. The first-order valence-corrected chi connectivity index (χ1v) is 11.1. The van der Waals surface area contributed by atoms with Gasteiger partial charge in [0.25, 0.3) is 0 Å². The highest BCUT2D eigenvalue weighted by molar-refractivity contribution is 5.84. The van der Waals surface area contributed by atoms with E-state index in [0.717, 1.165) is 0 Å². The largest absolute Gasteiger partial charge is 0.507 e. The van der Waals surface area contributed by atoms with Crippen LogP contribution in [0.25, 0.3) is 0 Å². The molecule has 176 valence electrons. The summed E-state index contributed by atoms with van der Waals surface area (Å²) in [6.45, 7) is 5.78. The van der Waals surface area contributed by atoms with Crippen molar-refractivity contribution < 1.29 is 15.3 Å². The van der Waals surface area contributed by atoms with Crippen LogP contribution in [0.1, 0.15) is 37.5 Å². The molecule has 0 aliphatic carbocycles. The Morgan fingerprint density at radius 1 is 0.529 bits per heavy atom. The van der Waals surface area contributed by atoms with Crippen LogP contribution in [-0.2, 0) is 0 Å². The molecule has 0 amide bonds. The number of benzene rings is 3. The van der Waals surface area contributed by atoms with E-state index in [2.05, 4.69) is 15.0 Å². The standard InChI is InChI=1S/C27H30N4O3/c1-19(28-16-22-10-4-7-13-25(22)32)31(20(2)29-17-23-11-5-8-14-26(23)33)21(3)30-18-24-12-6-9-15-27(24)34/h4-21,32-34H,1-3H3/b28-16+,29-17+,30-18+. The Morgan fingerprint density at radius 2 is 0.794 bits per heavy atom. The van der Waals surface area contributed by atoms with Gasteiger partial charge in [0.2, 0.25) is 0 Å². The second-order valence-corrected chi connectivity index (χ2v) is 7.85. The first-order valence-electron chi connectivity index (χ1n) is 11.1. The Bertz CT molecular complexity index is 1030. The smallest absolute Gasteiger partial charge is 0.124 e. The molecule has 0 spiro atoms. The van der Waals surface area contributed by atoms with Crippen molar-refractivity contribution in [1.82, 2.24) is 4.90 Å². The summed E-state index contributed by atoms with van der Waals surface area (Å²) in [5.41, 5.74) is 1.85. The van der Waals surface area contributed by atoms with E-state index in [4.69, 9.17) is 0 Å². The van der Waals surface area contributed by atoms with E-state index < -0.39 is 0 Å². The van der Waals surface area contributed by atoms with Crippen LogP contribution < -0.4 is 0 Å². The number of phenolic OH excluding ortho intramolecular Hbond substituents is 3. The molecule has 0 aliphatic heterocycles. The molecule has 3 rings (SSSR count). The molecule has 0 fully saturated rings. The van der Waals surface area contributed by atoms with Crippen LogP contribution in [0, 0.1) is 0 Å². The number of hydrogen-bond donors (Lipinski definition) is 3. The molecule has 0 bridgehead atoms. The molecule has 3 aromatic rings. The lowest BCUT2D eigenvalue weighted by Crippen LogP contribution is -2.44. The summed E-state index contributed by atoms with van der Waals surface area (Å²) in [6, 6.07) is 21.0. The number of aliphatic imine (C=N–C) groups is 3. The highest BCUT2D eigenvalue weighted by Gasteiger charge is 2.24. The fourth-order valence-corrected chi connectivity index (χ4v) is 3.52. The molecule has 0 heterocycles. The van der Waals surface area contributed by atoms with Gasteiger partial charge in [-0.15, -0.1) is 0 Å². The van der Waals surface area contributed by atoms with Gasteiger partial charge < -0.3 is 15.3 Å². The molecule has 7 nitrogen and oxygen atoms in total.